The highest BCUT2D eigenvalue weighted by atomic mass is 32.1. The highest BCUT2D eigenvalue weighted by Gasteiger charge is 2.05. The Kier molecular flexibility index (Phi) is 2.30. The minimum absolute atomic E-state index is 0.655. The summed E-state index contributed by atoms with van der Waals surface area (Å²) in [6.07, 6.45) is 1.57. The quantitative estimate of drug-likeness (QED) is 0.753. The third-order valence-corrected chi connectivity index (χ3v) is 3.14. The van der Waals surface area contributed by atoms with Gasteiger partial charge in [-0.3, -0.25) is 0 Å². The maximum absolute atomic E-state index is 4.77. The lowest BCUT2D eigenvalue weighted by Crippen LogP contribution is -1.97. The Bertz CT molecular complexity index is 588. The zero-order chi connectivity index (χ0) is 10.8. The van der Waals surface area contributed by atoms with Crippen molar-refractivity contribution in [2.24, 2.45) is 0 Å². The van der Waals surface area contributed by atoms with Crippen LogP contribution in [-0.4, -0.2) is 9.53 Å². The van der Waals surface area contributed by atoms with Gasteiger partial charge in [-0.25, -0.2) is 0 Å². The minimum atomic E-state index is 0.655. The van der Waals surface area contributed by atoms with Gasteiger partial charge in [0.05, 0.1) is 12.1 Å². The van der Waals surface area contributed by atoms with E-state index >= 15 is 0 Å². The predicted molar refractivity (Wildman–Crippen MR) is 63.4 cm³/mol. The summed E-state index contributed by atoms with van der Waals surface area (Å²) in [5.41, 5.74) is 1.91. The van der Waals surface area contributed by atoms with E-state index < -0.39 is 0 Å². The topological polar surface area (TPSA) is 51.0 Å². The number of nitrogens with zero attached hydrogens (tertiary/aromatic N) is 2. The highest BCUT2D eigenvalue weighted by molar-refractivity contribution is 7.11. The van der Waals surface area contributed by atoms with Crippen LogP contribution in [0.15, 0.2) is 41.1 Å². The van der Waals surface area contributed by atoms with Crippen molar-refractivity contribution in [3.05, 3.63) is 42.3 Å². The van der Waals surface area contributed by atoms with Crippen molar-refractivity contribution in [3.63, 3.8) is 0 Å². The standard InChI is InChI=1S/C11H9N3OS/c1-2-4-10-9(3-1)11(16-14-10)12-7-8-5-6-15-13-8/h1-6,12H,7H2. The second-order valence-corrected chi connectivity index (χ2v) is 4.15. The summed E-state index contributed by atoms with van der Waals surface area (Å²) in [5.74, 6) is 0. The second-order valence-electron chi connectivity index (χ2n) is 3.37. The molecule has 4 nitrogen and oxygen atoms in total. The van der Waals surface area contributed by atoms with Gasteiger partial charge < -0.3 is 9.84 Å². The largest absolute Gasteiger partial charge is 0.369 e. The van der Waals surface area contributed by atoms with Crippen LogP contribution in [0.4, 0.5) is 5.00 Å². The second kappa shape index (κ2) is 3.94. The first-order valence-electron chi connectivity index (χ1n) is 4.91. The van der Waals surface area contributed by atoms with Gasteiger partial charge >= 0.3 is 0 Å². The molecule has 0 aliphatic heterocycles. The van der Waals surface area contributed by atoms with E-state index in [1.54, 1.807) is 6.26 Å². The number of rotatable bonds is 3. The molecular formula is C11H9N3OS. The Morgan fingerprint density at radius 2 is 2.19 bits per heavy atom. The van der Waals surface area contributed by atoms with Crippen LogP contribution in [0.25, 0.3) is 10.9 Å². The molecule has 80 valence electrons. The smallest absolute Gasteiger partial charge is 0.124 e. The Hall–Kier alpha value is -1.88. The number of anilines is 1. The number of hydrogen-bond acceptors (Lipinski definition) is 5. The molecule has 0 aliphatic rings. The van der Waals surface area contributed by atoms with E-state index in [2.05, 4.69) is 20.9 Å². The third kappa shape index (κ3) is 1.65. The molecule has 2 aromatic heterocycles. The van der Waals surface area contributed by atoms with E-state index in [1.807, 2.05) is 24.3 Å². The van der Waals surface area contributed by atoms with Crippen molar-refractivity contribution in [1.82, 2.24) is 9.53 Å². The zero-order valence-corrected chi connectivity index (χ0v) is 9.20. The van der Waals surface area contributed by atoms with E-state index in [9.17, 15) is 0 Å². The normalized spacial score (nSPS) is 10.8. The van der Waals surface area contributed by atoms with Gasteiger partial charge in [-0.2, -0.15) is 4.37 Å². The fraction of sp³-hybridized carbons (Fsp3) is 0.0909. The fourth-order valence-electron chi connectivity index (χ4n) is 1.52. The Morgan fingerprint density at radius 3 is 3.06 bits per heavy atom. The molecule has 0 aliphatic carbocycles. The van der Waals surface area contributed by atoms with Gasteiger partial charge in [0, 0.05) is 11.5 Å². The summed E-state index contributed by atoms with van der Waals surface area (Å²) in [7, 11) is 0. The molecule has 0 saturated heterocycles. The molecule has 0 saturated carbocycles. The Morgan fingerprint density at radius 1 is 1.25 bits per heavy atom. The highest BCUT2D eigenvalue weighted by Crippen LogP contribution is 2.27. The SMILES string of the molecule is c1ccc2c(NCc3ccon3)snc2c1. The van der Waals surface area contributed by atoms with Crippen LogP contribution in [0.1, 0.15) is 5.69 Å². The van der Waals surface area contributed by atoms with Crippen molar-refractivity contribution in [3.8, 4) is 0 Å². The molecular weight excluding hydrogens is 222 g/mol. The molecule has 1 aromatic carbocycles. The maximum atomic E-state index is 4.77. The lowest BCUT2D eigenvalue weighted by atomic mass is 10.2. The summed E-state index contributed by atoms with van der Waals surface area (Å²) >= 11 is 1.47. The molecule has 3 aromatic rings. The van der Waals surface area contributed by atoms with Crippen LogP contribution in [-0.2, 0) is 6.54 Å². The molecule has 0 radical (unpaired) electrons. The van der Waals surface area contributed by atoms with Crippen LogP contribution in [0.2, 0.25) is 0 Å². The summed E-state index contributed by atoms with van der Waals surface area (Å²) < 4.78 is 9.12. The minimum Gasteiger partial charge on any atom is -0.369 e. The lowest BCUT2D eigenvalue weighted by Gasteiger charge is -1.99. The van der Waals surface area contributed by atoms with Gasteiger partial charge in [0.1, 0.15) is 17.0 Å². The van der Waals surface area contributed by atoms with Crippen molar-refractivity contribution >= 4 is 27.4 Å². The Labute approximate surface area is 96.1 Å². The van der Waals surface area contributed by atoms with Crippen molar-refractivity contribution < 1.29 is 4.52 Å². The summed E-state index contributed by atoms with van der Waals surface area (Å²) in [4.78, 5) is 0. The molecule has 16 heavy (non-hydrogen) atoms. The third-order valence-electron chi connectivity index (χ3n) is 2.31. The van der Waals surface area contributed by atoms with E-state index in [4.69, 9.17) is 4.52 Å². The molecule has 0 spiro atoms. The summed E-state index contributed by atoms with van der Waals surface area (Å²) in [6, 6.07) is 9.91. The molecule has 5 heteroatoms. The first-order valence-corrected chi connectivity index (χ1v) is 5.68. The molecule has 0 fully saturated rings. The predicted octanol–water partition coefficient (Wildman–Crippen LogP) is 2.90. The van der Waals surface area contributed by atoms with E-state index in [0.29, 0.717) is 6.54 Å². The van der Waals surface area contributed by atoms with Gasteiger partial charge in [0.2, 0.25) is 0 Å². The number of benzene rings is 1. The monoisotopic (exact) mass is 231 g/mol. The van der Waals surface area contributed by atoms with E-state index in [-0.39, 0.29) is 0 Å². The number of aromatic nitrogens is 2. The van der Waals surface area contributed by atoms with Gasteiger partial charge in [0.25, 0.3) is 0 Å². The van der Waals surface area contributed by atoms with E-state index in [0.717, 1.165) is 21.6 Å². The Balaban J connectivity index is 1.84. The van der Waals surface area contributed by atoms with Crippen LogP contribution >= 0.6 is 11.5 Å². The molecule has 2 heterocycles. The first-order chi connectivity index (χ1) is 7.93. The summed E-state index contributed by atoms with van der Waals surface area (Å²) in [6.45, 7) is 0.655. The molecule has 0 bridgehead atoms. The average molecular weight is 231 g/mol. The molecule has 0 unspecified atom stereocenters. The van der Waals surface area contributed by atoms with Crippen LogP contribution in [0.5, 0.6) is 0 Å². The van der Waals surface area contributed by atoms with Crippen molar-refractivity contribution in [2.75, 3.05) is 5.32 Å². The molecule has 3 rings (SSSR count). The zero-order valence-electron chi connectivity index (χ0n) is 8.38. The van der Waals surface area contributed by atoms with Gasteiger partial charge in [-0.15, -0.1) is 0 Å². The number of nitrogens with one attached hydrogen (secondary N) is 1. The molecule has 1 N–H and O–H groups in total. The van der Waals surface area contributed by atoms with Crippen molar-refractivity contribution in [2.45, 2.75) is 6.54 Å². The van der Waals surface area contributed by atoms with E-state index in [1.165, 1.54) is 11.5 Å². The van der Waals surface area contributed by atoms with Crippen LogP contribution in [0.3, 0.4) is 0 Å². The average Bonchev–Trinajstić information content (AvgIpc) is 2.96. The van der Waals surface area contributed by atoms with Crippen LogP contribution in [0, 0.1) is 0 Å². The fourth-order valence-corrected chi connectivity index (χ4v) is 2.27. The van der Waals surface area contributed by atoms with Gasteiger partial charge in [-0.1, -0.05) is 17.3 Å². The van der Waals surface area contributed by atoms with Gasteiger partial charge in [-0.05, 0) is 23.7 Å². The molecule has 0 atom stereocenters. The number of hydrogen-bond donors (Lipinski definition) is 1. The van der Waals surface area contributed by atoms with Crippen molar-refractivity contribution in [1.29, 1.82) is 0 Å². The van der Waals surface area contributed by atoms with Gasteiger partial charge in [0.15, 0.2) is 0 Å². The maximum Gasteiger partial charge on any atom is 0.124 e. The molecule has 0 amide bonds. The summed E-state index contributed by atoms with van der Waals surface area (Å²) in [5, 5.41) is 9.36. The lowest BCUT2D eigenvalue weighted by molar-refractivity contribution is 0.413. The van der Waals surface area contributed by atoms with Crippen LogP contribution < -0.4 is 5.32 Å². The number of fused-ring (bicyclic) bond motifs is 1. The first kappa shape index (κ1) is 9.35.